The fourth-order valence-electron chi connectivity index (χ4n) is 1.61. The van der Waals surface area contributed by atoms with E-state index >= 15 is 0 Å². The molecule has 1 atom stereocenters. The lowest BCUT2D eigenvalue weighted by atomic mass is 10.1. The quantitative estimate of drug-likeness (QED) is 0.869. The highest BCUT2D eigenvalue weighted by molar-refractivity contribution is 6.36. The van der Waals surface area contributed by atoms with Gasteiger partial charge in [-0.05, 0) is 24.6 Å². The molecule has 1 aromatic rings. The van der Waals surface area contributed by atoms with Crippen LogP contribution in [0.4, 0.5) is 0 Å². The molecule has 0 spiro atoms. The fourth-order valence-corrected chi connectivity index (χ4v) is 2.14. The van der Waals surface area contributed by atoms with Gasteiger partial charge in [0.25, 0.3) is 5.91 Å². The van der Waals surface area contributed by atoms with Crippen LogP contribution in [0.5, 0.6) is 0 Å². The van der Waals surface area contributed by atoms with Gasteiger partial charge in [0.1, 0.15) is 6.04 Å². The summed E-state index contributed by atoms with van der Waals surface area (Å²) in [6, 6.07) is 4.54. The molecule has 1 aliphatic rings. The largest absolute Gasteiger partial charge is 0.296 e. The molecule has 1 unspecified atom stereocenters. The molecule has 1 heterocycles. The van der Waals surface area contributed by atoms with Crippen molar-refractivity contribution in [3.8, 4) is 0 Å². The molecular formula is C12H11Cl2N3O2. The number of nitrogens with zero attached hydrogens (tertiary/aromatic N) is 1. The molecule has 0 fully saturated rings. The maximum atomic E-state index is 11.8. The van der Waals surface area contributed by atoms with Crippen molar-refractivity contribution < 1.29 is 9.59 Å². The molecule has 2 amide bonds. The zero-order valence-corrected chi connectivity index (χ0v) is 11.5. The van der Waals surface area contributed by atoms with Crippen LogP contribution in [-0.4, -0.2) is 23.8 Å². The highest BCUT2D eigenvalue weighted by Gasteiger charge is 2.23. The second-order valence-corrected chi connectivity index (χ2v) is 4.88. The van der Waals surface area contributed by atoms with E-state index in [9.17, 15) is 9.59 Å². The predicted octanol–water partition coefficient (Wildman–Crippen LogP) is 1.53. The third-order valence-corrected chi connectivity index (χ3v) is 3.31. The molecule has 0 aromatic heterocycles. The smallest absolute Gasteiger partial charge is 0.251 e. The first-order valence-corrected chi connectivity index (χ1v) is 6.34. The zero-order chi connectivity index (χ0) is 14.0. The fraction of sp³-hybridized carbons (Fsp3) is 0.250. The Morgan fingerprint density at radius 2 is 2.05 bits per heavy atom. The van der Waals surface area contributed by atoms with Crippen molar-refractivity contribution in [1.82, 2.24) is 10.6 Å². The summed E-state index contributed by atoms with van der Waals surface area (Å²) in [6.45, 7) is 1.64. The average molecular weight is 300 g/mol. The number of benzene rings is 1. The zero-order valence-electron chi connectivity index (χ0n) is 10.0. The summed E-state index contributed by atoms with van der Waals surface area (Å²) in [5, 5.41) is 5.82. The van der Waals surface area contributed by atoms with Crippen molar-refractivity contribution in [3.05, 3.63) is 33.8 Å². The van der Waals surface area contributed by atoms with Gasteiger partial charge in [0, 0.05) is 10.0 Å². The van der Waals surface area contributed by atoms with Crippen LogP contribution in [0.15, 0.2) is 23.2 Å². The highest BCUT2D eigenvalue weighted by atomic mass is 35.5. The molecular weight excluding hydrogens is 289 g/mol. The Morgan fingerprint density at radius 1 is 1.42 bits per heavy atom. The van der Waals surface area contributed by atoms with E-state index in [1.54, 1.807) is 25.1 Å². The first-order chi connectivity index (χ1) is 8.97. The Bertz CT molecular complexity index is 552. The maximum Gasteiger partial charge on any atom is 0.251 e. The first kappa shape index (κ1) is 13.8. The molecule has 0 bridgehead atoms. The molecule has 2 rings (SSSR count). The van der Waals surface area contributed by atoms with Crippen LogP contribution < -0.4 is 10.6 Å². The minimum atomic E-state index is -0.487. The van der Waals surface area contributed by atoms with E-state index < -0.39 is 6.04 Å². The SMILES string of the molecule is CC1N=C(NC(=O)Cc2c(Cl)cccc2Cl)NC1=O. The van der Waals surface area contributed by atoms with Gasteiger partial charge in [-0.1, -0.05) is 29.3 Å². The van der Waals surface area contributed by atoms with Crippen LogP contribution in [0.3, 0.4) is 0 Å². The number of aliphatic imine (C=N–C) groups is 1. The van der Waals surface area contributed by atoms with Gasteiger partial charge >= 0.3 is 0 Å². The van der Waals surface area contributed by atoms with E-state index in [4.69, 9.17) is 23.2 Å². The number of carbonyl (C=O) groups excluding carboxylic acids is 2. The molecule has 1 aromatic carbocycles. The maximum absolute atomic E-state index is 11.8. The molecule has 19 heavy (non-hydrogen) atoms. The van der Waals surface area contributed by atoms with Gasteiger partial charge in [-0.2, -0.15) is 0 Å². The van der Waals surface area contributed by atoms with Crippen molar-refractivity contribution in [2.75, 3.05) is 0 Å². The van der Waals surface area contributed by atoms with E-state index in [1.165, 1.54) is 0 Å². The van der Waals surface area contributed by atoms with Gasteiger partial charge in [-0.25, -0.2) is 4.99 Å². The van der Waals surface area contributed by atoms with Gasteiger partial charge in [-0.3, -0.25) is 20.2 Å². The van der Waals surface area contributed by atoms with Gasteiger partial charge in [0.2, 0.25) is 11.9 Å². The number of guanidine groups is 1. The van der Waals surface area contributed by atoms with Gasteiger partial charge in [0.15, 0.2) is 0 Å². The number of carbonyl (C=O) groups is 2. The van der Waals surface area contributed by atoms with E-state index in [1.807, 2.05) is 0 Å². The van der Waals surface area contributed by atoms with Crippen LogP contribution in [0.1, 0.15) is 12.5 Å². The monoisotopic (exact) mass is 299 g/mol. The van der Waals surface area contributed by atoms with Gasteiger partial charge in [0.05, 0.1) is 6.42 Å². The number of rotatable bonds is 2. The third-order valence-electron chi connectivity index (χ3n) is 2.60. The number of hydrogen-bond donors (Lipinski definition) is 2. The molecule has 7 heteroatoms. The summed E-state index contributed by atoms with van der Waals surface area (Å²) in [5.74, 6) is -0.431. The minimum Gasteiger partial charge on any atom is -0.296 e. The number of halogens is 2. The summed E-state index contributed by atoms with van der Waals surface area (Å²) >= 11 is 11.9. The lowest BCUT2D eigenvalue weighted by Gasteiger charge is -2.07. The average Bonchev–Trinajstić information content (AvgIpc) is 2.63. The predicted molar refractivity (Wildman–Crippen MR) is 73.3 cm³/mol. The summed E-state index contributed by atoms with van der Waals surface area (Å²) in [7, 11) is 0. The normalized spacial score (nSPS) is 17.9. The Labute approximate surface area is 120 Å². The third kappa shape index (κ3) is 3.24. The van der Waals surface area contributed by atoms with Crippen LogP contribution >= 0.6 is 23.2 Å². The second-order valence-electron chi connectivity index (χ2n) is 4.07. The lowest BCUT2D eigenvalue weighted by Crippen LogP contribution is -2.41. The number of amides is 2. The summed E-state index contributed by atoms with van der Waals surface area (Å²) in [6.07, 6.45) is 0.0157. The topological polar surface area (TPSA) is 70.6 Å². The Hall–Kier alpha value is -1.59. The Morgan fingerprint density at radius 3 is 2.58 bits per heavy atom. The van der Waals surface area contributed by atoms with E-state index in [2.05, 4.69) is 15.6 Å². The lowest BCUT2D eigenvalue weighted by molar-refractivity contribution is -0.119. The standard InChI is InChI=1S/C12H11Cl2N3O2/c1-6-11(19)17-12(15-6)16-10(18)5-7-8(13)3-2-4-9(7)14/h2-4,6H,5H2,1H3,(H2,15,16,17,18,19). The van der Waals surface area contributed by atoms with Crippen LogP contribution in [0.2, 0.25) is 10.0 Å². The molecule has 1 aliphatic heterocycles. The van der Waals surface area contributed by atoms with Crippen molar-refractivity contribution in [1.29, 1.82) is 0 Å². The van der Waals surface area contributed by atoms with Crippen molar-refractivity contribution in [2.24, 2.45) is 4.99 Å². The van der Waals surface area contributed by atoms with E-state index in [0.29, 0.717) is 15.6 Å². The molecule has 0 saturated carbocycles. The molecule has 5 nitrogen and oxygen atoms in total. The molecule has 0 saturated heterocycles. The Balaban J connectivity index is 2.03. The van der Waals surface area contributed by atoms with Gasteiger partial charge < -0.3 is 0 Å². The summed E-state index contributed by atoms with van der Waals surface area (Å²) in [4.78, 5) is 27.0. The minimum absolute atomic E-state index is 0.0157. The van der Waals surface area contributed by atoms with Crippen LogP contribution in [0, 0.1) is 0 Å². The van der Waals surface area contributed by atoms with Crippen LogP contribution in [-0.2, 0) is 16.0 Å². The molecule has 0 aliphatic carbocycles. The van der Waals surface area contributed by atoms with E-state index in [0.717, 1.165) is 0 Å². The van der Waals surface area contributed by atoms with E-state index in [-0.39, 0.29) is 24.2 Å². The molecule has 100 valence electrons. The number of nitrogens with one attached hydrogen (secondary N) is 2. The Kier molecular flexibility index (Phi) is 4.07. The highest BCUT2D eigenvalue weighted by Crippen LogP contribution is 2.24. The van der Waals surface area contributed by atoms with Crippen LogP contribution in [0.25, 0.3) is 0 Å². The molecule has 0 radical (unpaired) electrons. The second kappa shape index (κ2) is 5.59. The van der Waals surface area contributed by atoms with Gasteiger partial charge in [-0.15, -0.1) is 0 Å². The summed E-state index contributed by atoms with van der Waals surface area (Å²) in [5.41, 5.74) is 0.543. The summed E-state index contributed by atoms with van der Waals surface area (Å²) < 4.78 is 0. The van der Waals surface area contributed by atoms with Crippen molar-refractivity contribution >= 4 is 41.0 Å². The van der Waals surface area contributed by atoms with Crippen molar-refractivity contribution in [2.45, 2.75) is 19.4 Å². The van der Waals surface area contributed by atoms with Crippen molar-refractivity contribution in [3.63, 3.8) is 0 Å². The number of hydrogen-bond acceptors (Lipinski definition) is 3. The first-order valence-electron chi connectivity index (χ1n) is 5.59. The molecule has 2 N–H and O–H groups in total.